The van der Waals surface area contributed by atoms with Crippen molar-refractivity contribution in [1.29, 1.82) is 5.26 Å². The van der Waals surface area contributed by atoms with E-state index in [-0.39, 0.29) is 12.5 Å². The smallest absolute Gasteiger partial charge is 0.413 e. The highest BCUT2D eigenvalue weighted by Crippen LogP contribution is 2.29. The number of hydrogen-bond acceptors (Lipinski definition) is 5. The summed E-state index contributed by atoms with van der Waals surface area (Å²) in [4.78, 5) is 25.1. The van der Waals surface area contributed by atoms with Gasteiger partial charge in [0.15, 0.2) is 0 Å². The standard InChI is InChI=1S/C14H10N2O4/c15-5-8-1-3-9(4-2-8)10-6-19-7-11-12(10)20-14(18)16-13(11)17/h1-4,10H,6-7H2,(H,16,17,18). The first-order valence-electron chi connectivity index (χ1n) is 6.03. The van der Waals surface area contributed by atoms with Gasteiger partial charge in [-0.25, -0.2) is 4.79 Å². The Morgan fingerprint density at radius 1 is 1.25 bits per heavy atom. The van der Waals surface area contributed by atoms with E-state index in [2.05, 4.69) is 4.98 Å². The molecule has 1 atom stereocenters. The van der Waals surface area contributed by atoms with E-state index >= 15 is 0 Å². The summed E-state index contributed by atoms with van der Waals surface area (Å²) < 4.78 is 10.5. The third-order valence-electron chi connectivity index (χ3n) is 3.28. The van der Waals surface area contributed by atoms with Crippen molar-refractivity contribution in [2.24, 2.45) is 0 Å². The summed E-state index contributed by atoms with van der Waals surface area (Å²) in [7, 11) is 0. The number of benzene rings is 1. The lowest BCUT2D eigenvalue weighted by Crippen LogP contribution is -2.30. The second-order valence-corrected chi connectivity index (χ2v) is 4.49. The number of nitrogens with zero attached hydrogens (tertiary/aromatic N) is 1. The molecule has 0 fully saturated rings. The molecule has 0 aliphatic carbocycles. The van der Waals surface area contributed by atoms with Crippen molar-refractivity contribution in [1.82, 2.24) is 4.98 Å². The summed E-state index contributed by atoms with van der Waals surface area (Å²) in [6.45, 7) is 0.451. The van der Waals surface area contributed by atoms with Crippen LogP contribution in [0.25, 0.3) is 0 Å². The number of ether oxygens (including phenoxy) is 1. The Bertz CT molecular complexity index is 796. The van der Waals surface area contributed by atoms with Crippen LogP contribution in [0.4, 0.5) is 0 Å². The van der Waals surface area contributed by atoms with Crippen LogP contribution in [0.3, 0.4) is 0 Å². The van der Waals surface area contributed by atoms with Gasteiger partial charge < -0.3 is 9.15 Å². The molecule has 6 heteroatoms. The number of aromatic nitrogens is 1. The SMILES string of the molecule is N#Cc1ccc(C2COCc3c2oc(=O)[nH]c3=O)cc1. The van der Waals surface area contributed by atoms with Crippen LogP contribution in [0.2, 0.25) is 0 Å². The van der Waals surface area contributed by atoms with Gasteiger partial charge in [0.1, 0.15) is 5.76 Å². The summed E-state index contributed by atoms with van der Waals surface area (Å²) in [5.41, 5.74) is 1.23. The normalized spacial score (nSPS) is 17.2. The molecule has 1 N–H and O–H groups in total. The van der Waals surface area contributed by atoms with Gasteiger partial charge >= 0.3 is 5.76 Å². The van der Waals surface area contributed by atoms with Crippen LogP contribution in [0.1, 0.15) is 28.4 Å². The fourth-order valence-electron chi connectivity index (χ4n) is 2.28. The van der Waals surface area contributed by atoms with Crippen LogP contribution >= 0.6 is 0 Å². The second kappa shape index (κ2) is 4.79. The highest BCUT2D eigenvalue weighted by Gasteiger charge is 2.27. The lowest BCUT2D eigenvalue weighted by atomic mass is 9.92. The number of H-pyrrole nitrogens is 1. The first-order valence-corrected chi connectivity index (χ1v) is 6.03. The average Bonchev–Trinajstić information content (AvgIpc) is 2.47. The minimum atomic E-state index is -0.769. The Kier molecular flexibility index (Phi) is 2.97. The van der Waals surface area contributed by atoms with Gasteiger partial charge in [0.05, 0.1) is 36.3 Å². The monoisotopic (exact) mass is 270 g/mol. The van der Waals surface area contributed by atoms with Gasteiger partial charge in [-0.1, -0.05) is 12.1 Å². The van der Waals surface area contributed by atoms with E-state index in [0.29, 0.717) is 23.5 Å². The minimum Gasteiger partial charge on any atom is -0.413 e. The van der Waals surface area contributed by atoms with Gasteiger partial charge in [-0.2, -0.15) is 5.26 Å². The molecule has 0 saturated carbocycles. The summed E-state index contributed by atoms with van der Waals surface area (Å²) in [6.07, 6.45) is 0. The second-order valence-electron chi connectivity index (χ2n) is 4.49. The molecule has 20 heavy (non-hydrogen) atoms. The highest BCUT2D eigenvalue weighted by molar-refractivity contribution is 5.37. The molecule has 1 aliphatic heterocycles. The molecule has 100 valence electrons. The Hall–Kier alpha value is -2.65. The molecule has 0 spiro atoms. The van der Waals surface area contributed by atoms with Crippen LogP contribution < -0.4 is 11.3 Å². The molecular weight excluding hydrogens is 260 g/mol. The number of nitrogens with one attached hydrogen (secondary N) is 1. The van der Waals surface area contributed by atoms with E-state index < -0.39 is 11.3 Å². The maximum atomic E-state index is 11.7. The fourth-order valence-corrected chi connectivity index (χ4v) is 2.28. The van der Waals surface area contributed by atoms with Crippen molar-refractivity contribution in [2.75, 3.05) is 6.61 Å². The van der Waals surface area contributed by atoms with Gasteiger partial charge in [0.2, 0.25) is 0 Å². The van der Waals surface area contributed by atoms with Crippen LogP contribution in [0, 0.1) is 11.3 Å². The topological polar surface area (TPSA) is 96.1 Å². The largest absolute Gasteiger partial charge is 0.419 e. The highest BCUT2D eigenvalue weighted by atomic mass is 16.5. The molecule has 0 amide bonds. The van der Waals surface area contributed by atoms with Crippen LogP contribution in [0.15, 0.2) is 38.3 Å². The summed E-state index contributed by atoms with van der Waals surface area (Å²) >= 11 is 0. The third kappa shape index (κ3) is 2.04. The zero-order valence-electron chi connectivity index (χ0n) is 10.4. The zero-order valence-corrected chi connectivity index (χ0v) is 10.4. The summed E-state index contributed by atoms with van der Waals surface area (Å²) in [6, 6.07) is 8.92. The quantitative estimate of drug-likeness (QED) is 0.829. The van der Waals surface area contributed by atoms with Crippen LogP contribution in [-0.4, -0.2) is 11.6 Å². The van der Waals surface area contributed by atoms with Crippen molar-refractivity contribution in [3.05, 3.63) is 67.6 Å². The third-order valence-corrected chi connectivity index (χ3v) is 3.28. The predicted octanol–water partition coefficient (Wildman–Crippen LogP) is 0.862. The molecule has 3 rings (SSSR count). The first-order chi connectivity index (χ1) is 9.69. The van der Waals surface area contributed by atoms with Gasteiger partial charge in [-0.05, 0) is 17.7 Å². The van der Waals surface area contributed by atoms with Crippen molar-refractivity contribution >= 4 is 0 Å². The Balaban J connectivity index is 2.12. The van der Waals surface area contributed by atoms with Crippen molar-refractivity contribution in [3.63, 3.8) is 0 Å². The molecule has 1 unspecified atom stereocenters. The average molecular weight is 270 g/mol. The maximum absolute atomic E-state index is 11.7. The van der Waals surface area contributed by atoms with Crippen LogP contribution in [0.5, 0.6) is 0 Å². The molecule has 1 aromatic heterocycles. The molecule has 1 aliphatic rings. The number of nitriles is 1. The van der Waals surface area contributed by atoms with Gasteiger partial charge in [-0.15, -0.1) is 0 Å². The van der Waals surface area contributed by atoms with Crippen molar-refractivity contribution in [3.8, 4) is 6.07 Å². The number of fused-ring (bicyclic) bond motifs is 1. The molecule has 6 nitrogen and oxygen atoms in total. The number of aromatic amines is 1. The Morgan fingerprint density at radius 3 is 2.70 bits per heavy atom. The molecule has 0 bridgehead atoms. The van der Waals surface area contributed by atoms with E-state index in [9.17, 15) is 9.59 Å². The summed E-state index contributed by atoms with van der Waals surface area (Å²) in [5, 5.41) is 8.79. The maximum Gasteiger partial charge on any atom is 0.419 e. The molecule has 1 aromatic carbocycles. The number of hydrogen-bond donors (Lipinski definition) is 1. The lowest BCUT2D eigenvalue weighted by Gasteiger charge is -2.23. The van der Waals surface area contributed by atoms with Crippen LogP contribution in [-0.2, 0) is 11.3 Å². The van der Waals surface area contributed by atoms with E-state index in [1.165, 1.54) is 0 Å². The minimum absolute atomic E-state index is 0.126. The molecule has 2 heterocycles. The summed E-state index contributed by atoms with van der Waals surface area (Å²) in [5.74, 6) is -0.745. The predicted molar refractivity (Wildman–Crippen MR) is 68.3 cm³/mol. The fraction of sp³-hybridized carbons (Fsp3) is 0.214. The van der Waals surface area contributed by atoms with E-state index in [1.807, 2.05) is 6.07 Å². The van der Waals surface area contributed by atoms with Gasteiger partial charge in [0.25, 0.3) is 5.56 Å². The number of rotatable bonds is 1. The first kappa shape index (κ1) is 12.4. The Morgan fingerprint density at radius 2 is 2.00 bits per heavy atom. The zero-order chi connectivity index (χ0) is 14.1. The van der Waals surface area contributed by atoms with E-state index in [1.54, 1.807) is 24.3 Å². The Labute approximate surface area is 113 Å². The molecule has 0 saturated heterocycles. The van der Waals surface area contributed by atoms with Gasteiger partial charge in [-0.3, -0.25) is 9.78 Å². The van der Waals surface area contributed by atoms with E-state index in [0.717, 1.165) is 5.56 Å². The molecule has 2 aromatic rings. The molecule has 0 radical (unpaired) electrons. The van der Waals surface area contributed by atoms with Crippen molar-refractivity contribution in [2.45, 2.75) is 12.5 Å². The van der Waals surface area contributed by atoms with Crippen molar-refractivity contribution < 1.29 is 9.15 Å². The van der Waals surface area contributed by atoms with Gasteiger partial charge in [0, 0.05) is 0 Å². The molecular formula is C14H10N2O4. The lowest BCUT2D eigenvalue weighted by molar-refractivity contribution is 0.0854. The van der Waals surface area contributed by atoms with E-state index in [4.69, 9.17) is 14.4 Å².